The molecule has 2 heterocycles. The minimum Gasteiger partial charge on any atom is -0.380 e. The molecule has 15 heavy (non-hydrogen) atoms. The maximum absolute atomic E-state index is 10.9. The second-order valence-corrected chi connectivity index (χ2v) is 4.52. The number of ether oxygens (including phenoxy) is 1. The Morgan fingerprint density at radius 1 is 1.47 bits per heavy atom. The van der Waals surface area contributed by atoms with Crippen LogP contribution in [0.25, 0.3) is 0 Å². The molecule has 0 spiro atoms. The molecule has 0 bridgehead atoms. The molecule has 0 saturated carbocycles. The summed E-state index contributed by atoms with van der Waals surface area (Å²) in [5, 5.41) is 0. The number of methoxy groups -OCH3 is 1. The molecular formula is C11H19N2O2. The molecule has 2 atom stereocenters. The Morgan fingerprint density at radius 2 is 2.27 bits per heavy atom. The van der Waals surface area contributed by atoms with E-state index in [0.717, 1.165) is 32.6 Å². The molecule has 2 fully saturated rings. The molecule has 4 nitrogen and oxygen atoms in total. The van der Waals surface area contributed by atoms with Crippen LogP contribution in [0.1, 0.15) is 6.42 Å². The first-order valence-corrected chi connectivity index (χ1v) is 5.53. The van der Waals surface area contributed by atoms with Crippen molar-refractivity contribution in [2.75, 3.05) is 39.8 Å². The summed E-state index contributed by atoms with van der Waals surface area (Å²) in [5.41, 5.74) is 0. The number of Topliss-reactive ketones (excluding diaryl/α,β-unsaturated/α-hetero) is 1. The zero-order chi connectivity index (χ0) is 10.8. The van der Waals surface area contributed by atoms with Gasteiger partial charge in [0.1, 0.15) is 5.78 Å². The molecule has 2 saturated heterocycles. The lowest BCUT2D eigenvalue weighted by Gasteiger charge is -2.36. The van der Waals surface area contributed by atoms with Gasteiger partial charge in [0.05, 0.1) is 12.6 Å². The first-order chi connectivity index (χ1) is 7.19. The predicted molar refractivity (Wildman–Crippen MR) is 57.6 cm³/mol. The fraction of sp³-hybridized carbons (Fsp3) is 0.818. The van der Waals surface area contributed by atoms with Crippen LogP contribution in [-0.2, 0) is 9.53 Å². The van der Waals surface area contributed by atoms with E-state index in [4.69, 9.17) is 4.74 Å². The van der Waals surface area contributed by atoms with Crippen LogP contribution in [-0.4, -0.2) is 67.6 Å². The number of rotatable bonds is 3. The summed E-state index contributed by atoms with van der Waals surface area (Å²) in [6.07, 6.45) is 1.48. The van der Waals surface area contributed by atoms with Gasteiger partial charge in [0.25, 0.3) is 0 Å². The lowest BCUT2D eigenvalue weighted by molar-refractivity contribution is -0.116. The smallest absolute Gasteiger partial charge is 0.147 e. The number of carbonyl (C=O) groups is 1. The molecule has 0 amide bonds. The first-order valence-electron chi connectivity index (χ1n) is 5.53. The maximum atomic E-state index is 10.9. The third-order valence-corrected chi connectivity index (χ3v) is 3.40. The Kier molecular flexibility index (Phi) is 3.38. The van der Waals surface area contributed by atoms with Crippen LogP contribution in [0.3, 0.4) is 0 Å². The first kappa shape index (κ1) is 11.0. The Hall–Kier alpha value is -0.450. The van der Waals surface area contributed by atoms with E-state index in [1.54, 1.807) is 7.11 Å². The van der Waals surface area contributed by atoms with Crippen molar-refractivity contribution in [2.45, 2.75) is 18.6 Å². The van der Waals surface area contributed by atoms with Gasteiger partial charge in [0.15, 0.2) is 0 Å². The quantitative estimate of drug-likeness (QED) is 0.647. The van der Waals surface area contributed by atoms with E-state index >= 15 is 0 Å². The Morgan fingerprint density at radius 3 is 2.93 bits per heavy atom. The monoisotopic (exact) mass is 211 g/mol. The predicted octanol–water partition coefficient (Wildman–Crippen LogP) is -0.206. The van der Waals surface area contributed by atoms with Crippen molar-refractivity contribution in [3.05, 3.63) is 6.92 Å². The minimum absolute atomic E-state index is 0.0183. The number of fused-ring (bicyclic) bond motifs is 1. The zero-order valence-electron chi connectivity index (χ0n) is 9.32. The number of ketones is 1. The van der Waals surface area contributed by atoms with E-state index in [1.165, 1.54) is 0 Å². The minimum atomic E-state index is 0.0183. The number of nitrogens with zero attached hydrogens (tertiary/aromatic N) is 2. The topological polar surface area (TPSA) is 32.8 Å². The van der Waals surface area contributed by atoms with E-state index in [-0.39, 0.29) is 5.78 Å². The van der Waals surface area contributed by atoms with Crippen molar-refractivity contribution >= 4 is 5.78 Å². The Balaban J connectivity index is 1.86. The van der Waals surface area contributed by atoms with E-state index in [9.17, 15) is 4.79 Å². The molecule has 4 heteroatoms. The van der Waals surface area contributed by atoms with Crippen molar-refractivity contribution in [3.8, 4) is 0 Å². The molecule has 85 valence electrons. The number of carbonyl (C=O) groups excluding carboxylic acids is 1. The van der Waals surface area contributed by atoms with E-state index in [1.807, 2.05) is 0 Å². The average molecular weight is 211 g/mol. The summed E-state index contributed by atoms with van der Waals surface area (Å²) in [6, 6.07) is 0.572. The Bertz CT molecular complexity index is 245. The van der Waals surface area contributed by atoms with Gasteiger partial charge in [-0.2, -0.15) is 0 Å². The van der Waals surface area contributed by atoms with E-state index < -0.39 is 0 Å². The van der Waals surface area contributed by atoms with Crippen molar-refractivity contribution in [1.82, 2.24) is 9.80 Å². The van der Waals surface area contributed by atoms with Gasteiger partial charge >= 0.3 is 0 Å². The summed E-state index contributed by atoms with van der Waals surface area (Å²) in [4.78, 5) is 15.6. The number of piperazine rings is 1. The van der Waals surface area contributed by atoms with Crippen LogP contribution >= 0.6 is 0 Å². The van der Waals surface area contributed by atoms with Gasteiger partial charge in [-0.3, -0.25) is 14.6 Å². The fourth-order valence-electron chi connectivity index (χ4n) is 2.62. The lowest BCUT2D eigenvalue weighted by Crippen LogP contribution is -2.51. The highest BCUT2D eigenvalue weighted by molar-refractivity contribution is 5.84. The van der Waals surface area contributed by atoms with E-state index in [2.05, 4.69) is 16.7 Å². The SMILES string of the molecule is [CH2]C(=O)CN1CCN2C[C@H](OC)C[C@H]2C1. The van der Waals surface area contributed by atoms with Crippen molar-refractivity contribution in [2.24, 2.45) is 0 Å². The highest BCUT2D eigenvalue weighted by Crippen LogP contribution is 2.23. The molecule has 1 radical (unpaired) electrons. The molecule has 0 aromatic rings. The van der Waals surface area contributed by atoms with Crippen LogP contribution in [0, 0.1) is 6.92 Å². The third-order valence-electron chi connectivity index (χ3n) is 3.40. The summed E-state index contributed by atoms with van der Waals surface area (Å²) in [5.74, 6) is 0.0183. The fourth-order valence-corrected chi connectivity index (χ4v) is 2.62. The largest absolute Gasteiger partial charge is 0.380 e. The molecule has 2 rings (SSSR count). The molecule has 0 aromatic heterocycles. The Labute approximate surface area is 91.2 Å². The second-order valence-electron chi connectivity index (χ2n) is 4.52. The van der Waals surface area contributed by atoms with Crippen LogP contribution in [0.15, 0.2) is 0 Å². The number of hydrogen-bond acceptors (Lipinski definition) is 4. The molecule has 0 N–H and O–H groups in total. The van der Waals surface area contributed by atoms with Crippen LogP contribution in [0.5, 0.6) is 0 Å². The van der Waals surface area contributed by atoms with Gasteiger partial charge < -0.3 is 4.74 Å². The average Bonchev–Trinajstić information content (AvgIpc) is 2.58. The van der Waals surface area contributed by atoms with Gasteiger partial charge in [-0.1, -0.05) is 0 Å². The molecule has 0 aliphatic carbocycles. The zero-order valence-corrected chi connectivity index (χ0v) is 9.32. The molecular weight excluding hydrogens is 192 g/mol. The van der Waals surface area contributed by atoms with Gasteiger partial charge in [-0.05, 0) is 6.42 Å². The normalized spacial score (nSPS) is 32.9. The summed E-state index contributed by atoms with van der Waals surface area (Å²) in [7, 11) is 1.78. The van der Waals surface area contributed by atoms with Crippen molar-refractivity contribution < 1.29 is 9.53 Å². The highest BCUT2D eigenvalue weighted by Gasteiger charge is 2.36. The lowest BCUT2D eigenvalue weighted by atomic mass is 10.1. The molecule has 0 aromatic carbocycles. The van der Waals surface area contributed by atoms with Gasteiger partial charge in [-0.15, -0.1) is 0 Å². The highest BCUT2D eigenvalue weighted by atomic mass is 16.5. The van der Waals surface area contributed by atoms with Crippen LogP contribution in [0.2, 0.25) is 0 Å². The summed E-state index contributed by atoms with van der Waals surface area (Å²) < 4.78 is 5.38. The summed E-state index contributed by atoms with van der Waals surface area (Å²) >= 11 is 0. The molecule has 2 aliphatic rings. The van der Waals surface area contributed by atoms with Crippen LogP contribution < -0.4 is 0 Å². The second kappa shape index (κ2) is 4.60. The number of hydrogen-bond donors (Lipinski definition) is 0. The van der Waals surface area contributed by atoms with Crippen molar-refractivity contribution in [3.63, 3.8) is 0 Å². The van der Waals surface area contributed by atoms with Crippen molar-refractivity contribution in [1.29, 1.82) is 0 Å². The maximum Gasteiger partial charge on any atom is 0.147 e. The van der Waals surface area contributed by atoms with Crippen LogP contribution in [0.4, 0.5) is 0 Å². The standard InChI is InChI=1S/C11H19N2O2/c1-9(14)6-12-3-4-13-8-11(15-2)5-10(13)7-12/h10-11H,1,3-8H2,2H3/t10-,11+/m0/s1. The van der Waals surface area contributed by atoms with Gasteiger partial charge in [0, 0.05) is 46.3 Å². The van der Waals surface area contributed by atoms with E-state index in [0.29, 0.717) is 18.7 Å². The van der Waals surface area contributed by atoms with Gasteiger partial charge in [0.2, 0.25) is 0 Å². The third kappa shape index (κ3) is 2.56. The molecule has 0 unspecified atom stereocenters. The molecule has 2 aliphatic heterocycles. The van der Waals surface area contributed by atoms with Gasteiger partial charge in [-0.25, -0.2) is 0 Å². The summed E-state index contributed by atoms with van der Waals surface area (Å²) in [6.45, 7) is 8.00.